The molecule has 3 aliphatic rings. The van der Waals surface area contributed by atoms with Gasteiger partial charge in [-0.3, -0.25) is 24.4 Å². The molecule has 0 spiro atoms. The molecule has 0 bridgehead atoms. The zero-order valence-electron chi connectivity index (χ0n) is 39.0. The van der Waals surface area contributed by atoms with Gasteiger partial charge in [-0.2, -0.15) is 0 Å². The van der Waals surface area contributed by atoms with Crippen LogP contribution < -0.4 is 18.9 Å². The number of halogens is 1. The Hall–Kier alpha value is -4.62. The Bertz CT molecular complexity index is 2360. The molecular weight excluding hydrogens is 838 g/mol. The number of methoxy groups -OCH3 is 3. The Morgan fingerprint density at radius 3 is 2.22 bits per heavy atom. The summed E-state index contributed by atoms with van der Waals surface area (Å²) in [6.45, 7) is 16.3. The summed E-state index contributed by atoms with van der Waals surface area (Å²) >= 11 is 6.93. The number of likely N-dealkylation sites (tertiary alicyclic amines) is 1. The van der Waals surface area contributed by atoms with E-state index in [4.69, 9.17) is 35.3 Å². The minimum Gasteiger partial charge on any atom is -0.497 e. The van der Waals surface area contributed by atoms with Gasteiger partial charge in [0.1, 0.15) is 23.9 Å². The lowest BCUT2D eigenvalue weighted by Crippen LogP contribution is -2.45. The van der Waals surface area contributed by atoms with Gasteiger partial charge in [0.15, 0.2) is 11.5 Å². The molecule has 12 heteroatoms. The molecular formula is C53H68ClN5O6. The molecule has 1 aromatic heterocycles. The minimum absolute atomic E-state index is 0.0663. The molecule has 1 unspecified atom stereocenters. The third kappa shape index (κ3) is 12.2. The molecule has 11 nitrogen and oxygen atoms in total. The average molecular weight is 907 g/mol. The number of hydrogen-bond acceptors (Lipinski definition) is 10. The first-order chi connectivity index (χ1) is 31.8. The normalized spacial score (nSPS) is 18.0. The molecule has 65 heavy (non-hydrogen) atoms. The van der Waals surface area contributed by atoms with Crippen molar-refractivity contribution < 1.29 is 28.5 Å². The highest BCUT2D eigenvalue weighted by atomic mass is 35.5. The smallest absolute Gasteiger partial charge is 0.161 e. The predicted octanol–water partition coefficient (Wildman–Crippen LogP) is 8.98. The van der Waals surface area contributed by atoms with Crippen LogP contribution in [0.2, 0.25) is 5.02 Å². The fourth-order valence-electron chi connectivity index (χ4n) is 9.97. The Labute approximate surface area is 391 Å². The fraction of sp³-hybridized carbons (Fsp3) is 0.491. The third-order valence-electron chi connectivity index (χ3n) is 13.5. The van der Waals surface area contributed by atoms with Crippen LogP contribution in [0.25, 0.3) is 22.0 Å². The van der Waals surface area contributed by atoms with Crippen LogP contribution in [0.15, 0.2) is 79.0 Å². The molecule has 3 aliphatic heterocycles. The predicted molar refractivity (Wildman–Crippen MR) is 260 cm³/mol. The van der Waals surface area contributed by atoms with E-state index in [1.165, 1.54) is 33.2 Å². The Balaban J connectivity index is 0.865. The molecule has 8 rings (SSSR count). The van der Waals surface area contributed by atoms with Crippen LogP contribution in [0.1, 0.15) is 54.4 Å². The lowest BCUT2D eigenvalue weighted by molar-refractivity contribution is -0.124. The van der Waals surface area contributed by atoms with E-state index in [2.05, 4.69) is 85.8 Å². The van der Waals surface area contributed by atoms with E-state index < -0.39 is 0 Å². The molecule has 0 amide bonds. The molecule has 0 radical (unpaired) electrons. The first-order valence-corrected chi connectivity index (χ1v) is 24.0. The number of hydrogen-bond donors (Lipinski definition) is 0. The maximum absolute atomic E-state index is 13.7. The number of carbonyl (C=O) groups is 1. The highest BCUT2D eigenvalue weighted by Crippen LogP contribution is 2.42. The quantitative estimate of drug-likeness (QED) is 0.0707. The summed E-state index contributed by atoms with van der Waals surface area (Å²) in [6.07, 6.45) is 6.58. The van der Waals surface area contributed by atoms with Gasteiger partial charge in [0.25, 0.3) is 0 Å². The summed E-state index contributed by atoms with van der Waals surface area (Å²) in [4.78, 5) is 23.6. The fourth-order valence-corrected chi connectivity index (χ4v) is 10.2. The van der Waals surface area contributed by atoms with Crippen molar-refractivity contribution in [2.75, 3.05) is 100 Å². The van der Waals surface area contributed by atoms with Crippen molar-refractivity contribution in [3.8, 4) is 34.1 Å². The third-order valence-corrected chi connectivity index (χ3v) is 13.8. The van der Waals surface area contributed by atoms with E-state index in [9.17, 15) is 4.79 Å². The average Bonchev–Trinajstić information content (AvgIpc) is 3.68. The van der Waals surface area contributed by atoms with E-state index in [1.807, 2.05) is 24.3 Å². The van der Waals surface area contributed by atoms with E-state index in [0.717, 1.165) is 158 Å². The number of Topliss-reactive ketones (excluding diaryl/α,β-unsaturated/α-hetero) is 1. The van der Waals surface area contributed by atoms with E-state index in [1.54, 1.807) is 21.3 Å². The molecule has 5 aromatic rings. The summed E-state index contributed by atoms with van der Waals surface area (Å²) in [7, 11) is 5.13. The van der Waals surface area contributed by atoms with Gasteiger partial charge in [-0.05, 0) is 110 Å². The second kappa shape index (κ2) is 22.7. The lowest BCUT2D eigenvalue weighted by Gasteiger charge is -2.34. The molecule has 348 valence electrons. The van der Waals surface area contributed by atoms with Crippen molar-refractivity contribution in [2.24, 2.45) is 5.92 Å². The number of unbranched alkanes of at least 4 members (excludes halogenated alkanes) is 1. The number of aromatic nitrogens is 1. The van der Waals surface area contributed by atoms with E-state index >= 15 is 0 Å². The molecule has 0 saturated carbocycles. The number of aryl methyl sites for hydroxylation is 2. The Kier molecular flexibility index (Phi) is 16.4. The zero-order chi connectivity index (χ0) is 45.1. The number of piperidine rings is 1. The van der Waals surface area contributed by atoms with Gasteiger partial charge in [-0.25, -0.2) is 0 Å². The van der Waals surface area contributed by atoms with Crippen molar-refractivity contribution in [3.63, 3.8) is 0 Å². The molecule has 0 N–H and O–H groups in total. The van der Waals surface area contributed by atoms with E-state index in [0.29, 0.717) is 23.8 Å². The summed E-state index contributed by atoms with van der Waals surface area (Å²) in [5, 5.41) is 1.84. The lowest BCUT2D eigenvalue weighted by atomic mass is 9.91. The molecule has 4 aromatic carbocycles. The number of ether oxygens (including phenoxy) is 5. The number of morpholine rings is 1. The highest BCUT2D eigenvalue weighted by Gasteiger charge is 2.26. The van der Waals surface area contributed by atoms with Gasteiger partial charge in [0.2, 0.25) is 0 Å². The van der Waals surface area contributed by atoms with Crippen molar-refractivity contribution in [1.82, 2.24) is 24.2 Å². The summed E-state index contributed by atoms with van der Waals surface area (Å²) in [6, 6.07) is 25.5. The molecule has 0 aliphatic carbocycles. The number of piperazine rings is 1. The van der Waals surface area contributed by atoms with Crippen molar-refractivity contribution in [2.45, 2.75) is 65.2 Å². The van der Waals surface area contributed by atoms with Gasteiger partial charge in [0.05, 0.1) is 39.6 Å². The van der Waals surface area contributed by atoms with Crippen molar-refractivity contribution in [1.29, 1.82) is 0 Å². The number of carbonyl (C=O) groups excluding carboxylic acids is 1. The Morgan fingerprint density at radius 1 is 0.708 bits per heavy atom. The number of rotatable bonds is 20. The van der Waals surface area contributed by atoms with Gasteiger partial charge >= 0.3 is 0 Å². The number of ketones is 1. The largest absolute Gasteiger partial charge is 0.497 e. The first-order valence-electron chi connectivity index (χ1n) is 23.7. The summed E-state index contributed by atoms with van der Waals surface area (Å²) in [5.74, 6) is 3.66. The van der Waals surface area contributed by atoms with Gasteiger partial charge < -0.3 is 28.3 Å². The Morgan fingerprint density at radius 2 is 1.45 bits per heavy atom. The van der Waals surface area contributed by atoms with Gasteiger partial charge in [0, 0.05) is 119 Å². The van der Waals surface area contributed by atoms with Crippen molar-refractivity contribution in [3.05, 3.63) is 106 Å². The highest BCUT2D eigenvalue weighted by molar-refractivity contribution is 6.34. The second-order valence-corrected chi connectivity index (χ2v) is 18.5. The molecule has 3 fully saturated rings. The van der Waals surface area contributed by atoms with Crippen LogP contribution >= 0.6 is 11.6 Å². The first kappa shape index (κ1) is 46.9. The number of fused-ring (bicyclic) bond motifs is 1. The van der Waals surface area contributed by atoms with Gasteiger partial charge in [-0.1, -0.05) is 35.9 Å². The van der Waals surface area contributed by atoms with Crippen LogP contribution in [0, 0.1) is 12.8 Å². The number of nitrogens with zero attached hydrogens (tertiary/aromatic N) is 5. The minimum atomic E-state index is 0.0663. The standard InChI is InChI=1S/C53H68ClN5O6/c1-39-29-42(31-44(30-39)61-2)36-57-21-19-56(20-22-57)34-40-13-15-48-45(32-40)46(53-47(54)10-7-12-51(53)63-4)38-59(48)18-6-5-11-49(60)43-9-8-17-58(37-43)35-41-14-16-50(62-3)52(33-41)65-28-25-55-23-26-64-27-24-55/h7,10,12-16,29-33,38,43H,5-6,8-9,11,17-28,34-37H2,1-4H3. The van der Waals surface area contributed by atoms with Crippen LogP contribution in [0.5, 0.6) is 23.0 Å². The summed E-state index contributed by atoms with van der Waals surface area (Å²) < 4.78 is 31.1. The molecule has 4 heterocycles. The van der Waals surface area contributed by atoms with Crippen molar-refractivity contribution >= 4 is 28.3 Å². The number of benzene rings is 4. The second-order valence-electron chi connectivity index (χ2n) is 18.1. The molecule has 3 saturated heterocycles. The topological polar surface area (TPSA) is 81.1 Å². The van der Waals surface area contributed by atoms with Crippen LogP contribution in [-0.4, -0.2) is 130 Å². The maximum atomic E-state index is 13.7. The van der Waals surface area contributed by atoms with Crippen LogP contribution in [0.3, 0.4) is 0 Å². The SMILES string of the molecule is COc1cc(C)cc(CN2CCN(Cc3ccc4c(c3)c(-c3c(Cl)cccc3OC)cn4CCCCC(=O)C3CCCN(Cc4ccc(OC)c(OCCN5CCOCC5)c4)C3)CC2)c1. The zero-order valence-corrected chi connectivity index (χ0v) is 39.8. The van der Waals surface area contributed by atoms with E-state index in [-0.39, 0.29) is 5.92 Å². The maximum Gasteiger partial charge on any atom is 0.161 e. The van der Waals surface area contributed by atoms with Crippen LogP contribution in [0.4, 0.5) is 0 Å². The molecule has 1 atom stereocenters. The van der Waals surface area contributed by atoms with Crippen LogP contribution in [-0.2, 0) is 35.7 Å². The van der Waals surface area contributed by atoms with Gasteiger partial charge in [-0.15, -0.1) is 0 Å². The summed E-state index contributed by atoms with van der Waals surface area (Å²) in [5.41, 5.74) is 8.14. The monoisotopic (exact) mass is 905 g/mol.